The van der Waals surface area contributed by atoms with Gasteiger partial charge in [-0.3, -0.25) is 14.5 Å². The summed E-state index contributed by atoms with van der Waals surface area (Å²) in [5, 5.41) is 18.9. The quantitative estimate of drug-likeness (QED) is 0.0726. The summed E-state index contributed by atoms with van der Waals surface area (Å²) in [6, 6.07) is 20.6. The molecule has 8 rings (SSSR count). The Morgan fingerprint density at radius 1 is 0.973 bits per heavy atom. The Morgan fingerprint density at radius 2 is 1.65 bits per heavy atom. The summed E-state index contributed by atoms with van der Waals surface area (Å²) in [5.74, 6) is -2.46. The molecular weight excluding hydrogens is 963 g/mol. The van der Waals surface area contributed by atoms with Crippen LogP contribution in [0.5, 0.6) is 5.75 Å². The van der Waals surface area contributed by atoms with E-state index in [0.29, 0.717) is 29.8 Å². The molecule has 2 amide bonds. The highest BCUT2D eigenvalue weighted by molar-refractivity contribution is 5.87. The molecule has 74 heavy (non-hydrogen) atoms. The Balaban J connectivity index is 0.845. The van der Waals surface area contributed by atoms with Gasteiger partial charge in [0.15, 0.2) is 0 Å². The van der Waals surface area contributed by atoms with E-state index in [1.54, 1.807) is 32.3 Å². The molecule has 21 nitrogen and oxygen atoms in total. The lowest BCUT2D eigenvalue weighted by atomic mass is 9.87. The maximum absolute atomic E-state index is 15.6. The van der Waals surface area contributed by atoms with Crippen LogP contribution in [-0.2, 0) is 42.6 Å². The van der Waals surface area contributed by atoms with E-state index in [0.717, 1.165) is 48.5 Å². The van der Waals surface area contributed by atoms with Crippen molar-refractivity contribution in [1.82, 2.24) is 29.1 Å². The molecule has 0 aliphatic carbocycles. The largest absolute Gasteiger partial charge is 0.493 e. The van der Waals surface area contributed by atoms with Crippen molar-refractivity contribution in [3.05, 3.63) is 137 Å². The van der Waals surface area contributed by atoms with Crippen molar-refractivity contribution in [1.29, 1.82) is 0 Å². The number of primary amides is 1. The van der Waals surface area contributed by atoms with Crippen LogP contribution >= 0.6 is 0 Å². The van der Waals surface area contributed by atoms with Crippen molar-refractivity contribution in [3.8, 4) is 11.4 Å². The molecule has 5 heterocycles. The van der Waals surface area contributed by atoms with Gasteiger partial charge in [-0.05, 0) is 80.4 Å². The first kappa shape index (κ1) is 52.6. The average Bonchev–Trinajstić information content (AvgIpc) is 4.14. The van der Waals surface area contributed by atoms with Crippen LogP contribution < -0.4 is 41.2 Å². The molecule has 2 aliphatic rings. The third-order valence-corrected chi connectivity index (χ3v) is 13.3. The number of aliphatic hydroxyl groups is 1. The fourth-order valence-electron chi connectivity index (χ4n) is 9.31. The first-order valence-electron chi connectivity index (χ1n) is 24.3. The first-order chi connectivity index (χ1) is 35.5. The van der Waals surface area contributed by atoms with Gasteiger partial charge in [-0.25, -0.2) is 32.6 Å². The third kappa shape index (κ3) is 12.0. The summed E-state index contributed by atoms with van der Waals surface area (Å²) < 4.78 is 59.4. The second-order valence-electron chi connectivity index (χ2n) is 18.5. The van der Waals surface area contributed by atoms with Gasteiger partial charge in [-0.1, -0.05) is 19.1 Å². The van der Waals surface area contributed by atoms with Crippen LogP contribution in [0.1, 0.15) is 63.4 Å². The van der Waals surface area contributed by atoms with Crippen LogP contribution in [-0.4, -0.2) is 111 Å². The predicted molar refractivity (Wildman–Crippen MR) is 265 cm³/mol. The molecule has 0 spiro atoms. The number of hydrogen-bond acceptors (Lipinski definition) is 15. The number of piperazine rings is 1. The van der Waals surface area contributed by atoms with Gasteiger partial charge in [0.2, 0.25) is 18.5 Å². The minimum atomic E-state index is -1.26. The number of carbonyl (C=O) groups is 3. The number of esters is 1. The maximum Gasteiger partial charge on any atom is 0.418 e. The summed E-state index contributed by atoms with van der Waals surface area (Å²) >= 11 is 0. The molecule has 6 atom stereocenters. The molecule has 2 aliphatic heterocycles. The van der Waals surface area contributed by atoms with Crippen LogP contribution in [0, 0.1) is 17.6 Å². The molecule has 392 valence electrons. The van der Waals surface area contributed by atoms with Crippen molar-refractivity contribution in [2.45, 2.75) is 83.2 Å². The molecule has 0 bridgehead atoms. The number of halogens is 2. The van der Waals surface area contributed by atoms with E-state index in [9.17, 15) is 28.7 Å². The number of nitrogens with two attached hydrogens (primary N) is 2. The Bertz CT molecular complexity index is 2960. The van der Waals surface area contributed by atoms with Crippen molar-refractivity contribution >= 4 is 35.2 Å². The van der Waals surface area contributed by atoms with Gasteiger partial charge in [0.05, 0.1) is 37.5 Å². The fraction of sp³-hybridized carbons (Fsp3) is 0.412. The number of pyridine rings is 1. The van der Waals surface area contributed by atoms with E-state index in [4.69, 9.17) is 30.4 Å². The van der Waals surface area contributed by atoms with Gasteiger partial charge >= 0.3 is 17.8 Å². The third-order valence-electron chi connectivity index (χ3n) is 13.3. The van der Waals surface area contributed by atoms with Gasteiger partial charge < -0.3 is 45.3 Å². The van der Waals surface area contributed by atoms with E-state index in [1.807, 2.05) is 55.5 Å². The van der Waals surface area contributed by atoms with Crippen LogP contribution in [0.2, 0.25) is 0 Å². The molecular formula is C51H61F2N12O9+. The lowest BCUT2D eigenvalue weighted by molar-refractivity contribution is -0.753. The van der Waals surface area contributed by atoms with Crippen LogP contribution in [0.3, 0.4) is 0 Å². The fourth-order valence-corrected chi connectivity index (χ4v) is 9.31. The topological polar surface area (TPSA) is 245 Å². The van der Waals surface area contributed by atoms with Gasteiger partial charge in [0.1, 0.15) is 54.3 Å². The zero-order chi connectivity index (χ0) is 52.7. The molecule has 6 aromatic rings. The normalized spacial score (nSPS) is 18.4. The summed E-state index contributed by atoms with van der Waals surface area (Å²) in [6.45, 7) is 8.58. The highest BCUT2D eigenvalue weighted by Crippen LogP contribution is 2.42. The molecule has 1 unspecified atom stereocenters. The molecule has 3 aromatic carbocycles. The molecule has 2 saturated heterocycles. The zero-order valence-electron chi connectivity index (χ0n) is 41.6. The second kappa shape index (κ2) is 23.0. The van der Waals surface area contributed by atoms with E-state index in [-0.39, 0.29) is 49.4 Å². The molecule has 0 radical (unpaired) electrons. The van der Waals surface area contributed by atoms with E-state index in [2.05, 4.69) is 25.0 Å². The minimum absolute atomic E-state index is 0.0326. The number of rotatable bonds is 20. The predicted octanol–water partition coefficient (Wildman–Crippen LogP) is 3.90. The second-order valence-corrected chi connectivity index (χ2v) is 18.5. The lowest BCUT2D eigenvalue weighted by Gasteiger charge is -2.37. The smallest absolute Gasteiger partial charge is 0.418 e. The average molecular weight is 1020 g/mol. The molecule has 0 saturated carbocycles. The zero-order valence-corrected chi connectivity index (χ0v) is 41.6. The number of aliphatic hydroxyl groups excluding tert-OH is 1. The van der Waals surface area contributed by atoms with Crippen molar-refractivity contribution in [2.24, 2.45) is 17.4 Å². The van der Waals surface area contributed by atoms with Crippen molar-refractivity contribution in [3.63, 3.8) is 0 Å². The number of aromatic nitrogens is 7. The number of carbonyl (C=O) groups excluding carboxylic acids is 3. The van der Waals surface area contributed by atoms with Gasteiger partial charge in [-0.15, -0.1) is 4.68 Å². The van der Waals surface area contributed by atoms with E-state index >= 15 is 4.39 Å². The monoisotopic (exact) mass is 1020 g/mol. The number of anilines is 3. The Labute approximate surface area is 425 Å². The Kier molecular flexibility index (Phi) is 16.3. The first-order valence-corrected chi connectivity index (χ1v) is 24.3. The Hall–Kier alpha value is -7.76. The molecule has 2 fully saturated rings. The van der Waals surface area contributed by atoms with Gasteiger partial charge in [-0.2, -0.15) is 9.67 Å². The van der Waals surface area contributed by atoms with E-state index < -0.39 is 66.0 Å². The Morgan fingerprint density at radius 3 is 2.30 bits per heavy atom. The standard InChI is InChI=1S/C51H60F2N12O9/c1-5-45(33(2)66)65-49(69)64(31-58-65)40-11-9-38(10-12-40)60-19-21-61(22-20-60)39-13-15-41(16-14-39)71-26-35-25-51(73-27-35,42-17-8-37(52)23-43(42)53)29-63-32-62(30-57-63)34(3)74-50(70)59(4)47-36(7-6-18-56-47)28-72-48(68)44(54)24-46(55)67/h6-18,23,30-35,44-45,66H,5,19-22,24-29,54H2,1-4H3,(H-,55,67)/p+1/t33-,34?,35+,44-,45-,51-/m0/s1. The van der Waals surface area contributed by atoms with Gasteiger partial charge in [0, 0.05) is 85.9 Å². The van der Waals surface area contributed by atoms with Crippen molar-refractivity contribution < 1.29 is 51.8 Å². The van der Waals surface area contributed by atoms with Crippen molar-refractivity contribution in [2.75, 3.05) is 61.1 Å². The number of benzene rings is 3. The maximum atomic E-state index is 15.6. The highest BCUT2D eigenvalue weighted by Gasteiger charge is 2.46. The molecule has 3 aromatic heterocycles. The summed E-state index contributed by atoms with van der Waals surface area (Å²) in [7, 11) is 1.43. The van der Waals surface area contributed by atoms with Crippen LogP contribution in [0.4, 0.5) is 30.8 Å². The number of nitrogens with zero attached hydrogens (tertiary/aromatic N) is 10. The van der Waals surface area contributed by atoms with Gasteiger partial charge in [0.25, 0.3) is 6.33 Å². The minimum Gasteiger partial charge on any atom is -0.493 e. The molecule has 5 N–H and O–H groups in total. The van der Waals surface area contributed by atoms with Crippen LogP contribution in [0.15, 0.2) is 109 Å². The number of amides is 2. The number of hydrogen-bond donors (Lipinski definition) is 3. The summed E-state index contributed by atoms with van der Waals surface area (Å²) in [4.78, 5) is 60.0. The number of ether oxygens (including phenoxy) is 4. The molecule has 23 heteroatoms. The summed E-state index contributed by atoms with van der Waals surface area (Å²) in [6.07, 6.45) is 4.08. The summed E-state index contributed by atoms with van der Waals surface area (Å²) in [5.41, 5.74) is 12.6. The highest BCUT2D eigenvalue weighted by atomic mass is 19.1. The van der Waals surface area contributed by atoms with Crippen LogP contribution in [0.25, 0.3) is 5.69 Å². The van der Waals surface area contributed by atoms with E-state index in [1.165, 1.54) is 56.5 Å². The SMILES string of the molecule is CC[C@@H]([C@H](C)O)n1ncn(-c2ccc(N3CCN(c4ccc(OC[C@@H]5CO[C@@](Cn6c[n+](C(C)OC(=O)N(C)c7ncccc7COC(=O)[C@@H](N)CC(N)=O)cn6)(c6ccc(F)cc6F)C5)cc4)CC3)cc2)c1=O. The lowest BCUT2D eigenvalue weighted by Crippen LogP contribution is -2.46.